The average Bonchev–Trinajstić information content (AvgIpc) is 2.98. The molecule has 0 fully saturated rings. The third-order valence-electron chi connectivity index (χ3n) is 6.54. The minimum atomic E-state index is -0.161. The summed E-state index contributed by atoms with van der Waals surface area (Å²) in [5, 5.41) is 0. The zero-order valence-electron chi connectivity index (χ0n) is 19.5. The molecule has 0 amide bonds. The molecule has 0 aromatic heterocycles. The number of rotatable bonds is 12. The van der Waals surface area contributed by atoms with Crippen molar-refractivity contribution < 1.29 is 9.13 Å². The van der Waals surface area contributed by atoms with Crippen molar-refractivity contribution in [2.45, 2.75) is 78.2 Å². The molecule has 0 N–H and O–H groups in total. The Morgan fingerprint density at radius 1 is 0.968 bits per heavy atom. The second-order valence-electron chi connectivity index (χ2n) is 9.12. The quantitative estimate of drug-likeness (QED) is 0.334. The monoisotopic (exact) mass is 425 g/mol. The van der Waals surface area contributed by atoms with Crippen molar-refractivity contribution >= 4 is 0 Å². The Morgan fingerprint density at radius 3 is 2.48 bits per heavy atom. The van der Waals surface area contributed by atoms with Gasteiger partial charge in [0.05, 0.1) is 6.61 Å². The van der Waals surface area contributed by atoms with E-state index in [-0.39, 0.29) is 5.82 Å². The van der Waals surface area contributed by atoms with Crippen molar-refractivity contribution in [2.24, 2.45) is 5.92 Å². The first-order valence-corrected chi connectivity index (χ1v) is 12.4. The van der Waals surface area contributed by atoms with Gasteiger partial charge in [0.25, 0.3) is 0 Å². The van der Waals surface area contributed by atoms with E-state index in [1.165, 1.54) is 55.2 Å². The third-order valence-corrected chi connectivity index (χ3v) is 6.54. The molecule has 0 unspecified atom stereocenters. The molecular formula is C28H40FNO. The normalized spacial score (nSPS) is 14.5. The molecule has 0 bridgehead atoms. The van der Waals surface area contributed by atoms with E-state index in [1.54, 1.807) is 12.1 Å². The van der Waals surface area contributed by atoms with Crippen LogP contribution in [0.5, 0.6) is 5.75 Å². The lowest BCUT2D eigenvalue weighted by molar-refractivity contribution is 0.270. The van der Waals surface area contributed by atoms with Gasteiger partial charge in [-0.25, -0.2) is 4.39 Å². The van der Waals surface area contributed by atoms with Crippen LogP contribution >= 0.6 is 0 Å². The predicted molar refractivity (Wildman–Crippen MR) is 128 cm³/mol. The van der Waals surface area contributed by atoms with Crippen LogP contribution in [0.3, 0.4) is 0 Å². The molecule has 2 aromatic rings. The Bertz CT molecular complexity index is 767. The lowest BCUT2D eigenvalue weighted by Gasteiger charge is -2.21. The zero-order valence-corrected chi connectivity index (χ0v) is 19.5. The highest BCUT2D eigenvalue weighted by Crippen LogP contribution is 2.25. The maximum atomic E-state index is 13.1. The summed E-state index contributed by atoms with van der Waals surface area (Å²) in [4.78, 5) is 2.53. The number of hydrogen-bond donors (Lipinski definition) is 0. The summed E-state index contributed by atoms with van der Waals surface area (Å²) in [6.07, 6.45) is 11.0. The van der Waals surface area contributed by atoms with Gasteiger partial charge < -0.3 is 4.74 Å². The van der Waals surface area contributed by atoms with Crippen molar-refractivity contribution in [3.05, 3.63) is 65.0 Å². The molecule has 3 heteroatoms. The molecule has 0 atom stereocenters. The number of hydrogen-bond acceptors (Lipinski definition) is 2. The molecule has 0 radical (unpaired) electrons. The molecule has 2 aromatic carbocycles. The van der Waals surface area contributed by atoms with Crippen LogP contribution in [0.2, 0.25) is 0 Å². The second kappa shape index (κ2) is 12.9. The summed E-state index contributed by atoms with van der Waals surface area (Å²) in [5.41, 5.74) is 4.07. The van der Waals surface area contributed by atoms with Crippen molar-refractivity contribution in [2.75, 3.05) is 19.7 Å². The fourth-order valence-corrected chi connectivity index (χ4v) is 4.84. The second-order valence-corrected chi connectivity index (χ2v) is 9.12. The van der Waals surface area contributed by atoms with Crippen molar-refractivity contribution in [1.82, 2.24) is 4.90 Å². The van der Waals surface area contributed by atoms with Gasteiger partial charge in [0.1, 0.15) is 11.6 Å². The van der Waals surface area contributed by atoms with Gasteiger partial charge in [-0.05, 0) is 85.5 Å². The van der Waals surface area contributed by atoms with E-state index in [1.807, 2.05) is 12.1 Å². The first kappa shape index (κ1) is 23.8. The van der Waals surface area contributed by atoms with E-state index < -0.39 is 0 Å². The summed E-state index contributed by atoms with van der Waals surface area (Å²) in [6.45, 7) is 8.49. The molecule has 1 aliphatic rings. The lowest BCUT2D eigenvalue weighted by Crippen LogP contribution is -2.25. The summed E-state index contributed by atoms with van der Waals surface area (Å²) < 4.78 is 19.3. The van der Waals surface area contributed by atoms with Crippen LogP contribution in [0, 0.1) is 11.7 Å². The first-order chi connectivity index (χ1) is 15.2. The molecule has 31 heavy (non-hydrogen) atoms. The van der Waals surface area contributed by atoms with Gasteiger partial charge in [0.15, 0.2) is 0 Å². The molecule has 170 valence electrons. The van der Waals surface area contributed by atoms with Crippen LogP contribution in [0.4, 0.5) is 4.39 Å². The van der Waals surface area contributed by atoms with Gasteiger partial charge in [0, 0.05) is 13.1 Å². The molecule has 1 aliphatic heterocycles. The summed E-state index contributed by atoms with van der Waals surface area (Å²) >= 11 is 0. The van der Waals surface area contributed by atoms with Gasteiger partial charge >= 0.3 is 0 Å². The standard InChI is InChI=1S/C28H40FNO/c1-3-7-23(8-4-2)9-6-20-31-28-16-13-25-10-5-18-30(22-26(25)21-28)19-17-24-11-14-27(29)15-12-24/h11-16,21,23H,3-10,17-20,22H2,1-2H3. The SMILES string of the molecule is CCCC(CCC)CCCOc1ccc2c(c1)CN(CCc1ccc(F)cc1)CCC2. The zero-order chi connectivity index (χ0) is 21.9. The maximum absolute atomic E-state index is 13.1. The molecule has 3 rings (SSSR count). The Morgan fingerprint density at radius 2 is 1.74 bits per heavy atom. The minimum absolute atomic E-state index is 0.161. The minimum Gasteiger partial charge on any atom is -0.494 e. The summed E-state index contributed by atoms with van der Waals surface area (Å²) in [7, 11) is 0. The fourth-order valence-electron chi connectivity index (χ4n) is 4.84. The molecule has 1 heterocycles. The largest absolute Gasteiger partial charge is 0.494 e. The van der Waals surface area contributed by atoms with Gasteiger partial charge in [-0.1, -0.05) is 57.7 Å². The van der Waals surface area contributed by atoms with Crippen LogP contribution in [0.15, 0.2) is 42.5 Å². The van der Waals surface area contributed by atoms with Crippen LogP contribution in [0.1, 0.15) is 75.5 Å². The van der Waals surface area contributed by atoms with Gasteiger partial charge in [-0.15, -0.1) is 0 Å². The van der Waals surface area contributed by atoms with E-state index in [0.29, 0.717) is 0 Å². The maximum Gasteiger partial charge on any atom is 0.123 e. The van der Waals surface area contributed by atoms with E-state index in [2.05, 4.69) is 36.9 Å². The molecule has 0 saturated carbocycles. The number of nitrogens with zero attached hydrogens (tertiary/aromatic N) is 1. The number of ether oxygens (including phenoxy) is 1. The number of benzene rings is 2. The Kier molecular flexibility index (Phi) is 9.86. The summed E-state index contributed by atoms with van der Waals surface area (Å²) in [5.74, 6) is 1.72. The van der Waals surface area contributed by atoms with Crippen molar-refractivity contribution in [1.29, 1.82) is 0 Å². The van der Waals surface area contributed by atoms with Crippen LogP contribution in [0.25, 0.3) is 0 Å². The smallest absolute Gasteiger partial charge is 0.123 e. The molecular weight excluding hydrogens is 385 g/mol. The number of aryl methyl sites for hydroxylation is 1. The molecule has 2 nitrogen and oxygen atoms in total. The topological polar surface area (TPSA) is 12.5 Å². The van der Waals surface area contributed by atoms with E-state index >= 15 is 0 Å². The molecule has 0 spiro atoms. The summed E-state index contributed by atoms with van der Waals surface area (Å²) in [6, 6.07) is 13.6. The van der Waals surface area contributed by atoms with Gasteiger partial charge in [0.2, 0.25) is 0 Å². The predicted octanol–water partition coefficient (Wildman–Crippen LogP) is 7.19. The highest BCUT2D eigenvalue weighted by molar-refractivity contribution is 5.36. The van der Waals surface area contributed by atoms with Crippen molar-refractivity contribution in [3.63, 3.8) is 0 Å². The Hall–Kier alpha value is -1.87. The Balaban J connectivity index is 1.49. The Labute approximate surface area is 188 Å². The van der Waals surface area contributed by atoms with Gasteiger partial charge in [-0.2, -0.15) is 0 Å². The molecule has 0 aliphatic carbocycles. The van der Waals surface area contributed by atoms with Crippen LogP contribution < -0.4 is 4.74 Å². The van der Waals surface area contributed by atoms with Crippen LogP contribution in [-0.4, -0.2) is 24.6 Å². The highest BCUT2D eigenvalue weighted by Gasteiger charge is 2.15. The van der Waals surface area contributed by atoms with Crippen molar-refractivity contribution in [3.8, 4) is 5.75 Å². The van der Waals surface area contributed by atoms with Gasteiger partial charge in [-0.3, -0.25) is 4.90 Å². The highest BCUT2D eigenvalue weighted by atomic mass is 19.1. The lowest BCUT2D eigenvalue weighted by atomic mass is 9.93. The van der Waals surface area contributed by atoms with E-state index in [0.717, 1.165) is 57.2 Å². The first-order valence-electron chi connectivity index (χ1n) is 12.4. The molecule has 0 saturated heterocycles. The van der Waals surface area contributed by atoms with E-state index in [4.69, 9.17) is 4.74 Å². The van der Waals surface area contributed by atoms with E-state index in [9.17, 15) is 4.39 Å². The number of halogens is 1. The fraction of sp³-hybridized carbons (Fsp3) is 0.571. The van der Waals surface area contributed by atoms with Crippen LogP contribution in [-0.2, 0) is 19.4 Å². The number of fused-ring (bicyclic) bond motifs is 1. The third kappa shape index (κ3) is 7.96. The average molecular weight is 426 g/mol.